The highest BCUT2D eigenvalue weighted by Crippen LogP contribution is 2.57. The van der Waals surface area contributed by atoms with E-state index in [0.29, 0.717) is 77.8 Å². The number of hydrogen-bond donors (Lipinski definition) is 0. The summed E-state index contributed by atoms with van der Waals surface area (Å²) in [5.74, 6) is 0.346. The van der Waals surface area contributed by atoms with Gasteiger partial charge in [0.25, 0.3) is 0 Å². The van der Waals surface area contributed by atoms with Crippen LogP contribution in [0.2, 0.25) is 5.02 Å². The summed E-state index contributed by atoms with van der Waals surface area (Å²) in [6.07, 6.45) is 8.46. The number of benzene rings is 2. The molecule has 1 aliphatic carbocycles. The SMILES string of the molecule is Cn1nc(-c2c(C3(F)CC3)c(Cl)cc3c2cnn3C2CCCCO2)c2c1c1c(OCc3ccccc3)nc(OC[C@@]34CCCN3C/C(=C\F)C4)nc1n2C. The van der Waals surface area contributed by atoms with E-state index in [-0.39, 0.29) is 24.4 Å². The molecule has 4 aliphatic rings. The van der Waals surface area contributed by atoms with Crippen molar-refractivity contribution in [3.63, 3.8) is 0 Å². The quantitative estimate of drug-likeness (QED) is 0.146. The molecule has 3 aliphatic heterocycles. The van der Waals surface area contributed by atoms with E-state index < -0.39 is 5.67 Å². The summed E-state index contributed by atoms with van der Waals surface area (Å²) < 4.78 is 54.9. The molecule has 11 nitrogen and oxygen atoms in total. The number of ether oxygens (including phenoxy) is 3. The van der Waals surface area contributed by atoms with Crippen LogP contribution in [0.3, 0.4) is 0 Å². The van der Waals surface area contributed by atoms with E-state index in [0.717, 1.165) is 78.1 Å². The van der Waals surface area contributed by atoms with Gasteiger partial charge in [0.2, 0.25) is 5.88 Å². The van der Waals surface area contributed by atoms with Gasteiger partial charge in [-0.25, -0.2) is 13.5 Å². The van der Waals surface area contributed by atoms with Crippen molar-refractivity contribution in [1.29, 1.82) is 0 Å². The van der Waals surface area contributed by atoms with Crippen molar-refractivity contribution in [2.24, 2.45) is 14.1 Å². The van der Waals surface area contributed by atoms with Crippen LogP contribution in [-0.4, -0.2) is 70.8 Å². The minimum atomic E-state index is -1.58. The monoisotopic (exact) mass is 754 g/mol. The molecule has 1 saturated carbocycles. The third kappa shape index (κ3) is 5.33. The lowest BCUT2D eigenvalue weighted by molar-refractivity contribution is -0.0366. The zero-order valence-corrected chi connectivity index (χ0v) is 31.1. The largest absolute Gasteiger partial charge is 0.472 e. The molecule has 0 spiro atoms. The summed E-state index contributed by atoms with van der Waals surface area (Å²) in [6, 6.07) is 11.9. The lowest BCUT2D eigenvalue weighted by Crippen LogP contribution is -2.43. The summed E-state index contributed by atoms with van der Waals surface area (Å²) in [5, 5.41) is 11.6. The van der Waals surface area contributed by atoms with Crippen molar-refractivity contribution < 1.29 is 23.0 Å². The first-order valence-electron chi connectivity index (χ1n) is 18.8. The van der Waals surface area contributed by atoms with Crippen molar-refractivity contribution in [1.82, 2.24) is 39.0 Å². The Balaban J connectivity index is 1.15. The van der Waals surface area contributed by atoms with Crippen molar-refractivity contribution in [3.8, 4) is 23.1 Å². The van der Waals surface area contributed by atoms with Gasteiger partial charge in [-0.15, -0.1) is 0 Å². The minimum absolute atomic E-state index is 0.171. The molecule has 54 heavy (non-hydrogen) atoms. The minimum Gasteiger partial charge on any atom is -0.472 e. The first-order valence-corrected chi connectivity index (χ1v) is 19.2. The van der Waals surface area contributed by atoms with Crippen LogP contribution >= 0.6 is 11.6 Å². The van der Waals surface area contributed by atoms with E-state index in [2.05, 4.69) is 4.90 Å². The predicted octanol–water partition coefficient (Wildman–Crippen LogP) is 8.23. The molecule has 7 heterocycles. The maximum Gasteiger partial charge on any atom is 0.321 e. The van der Waals surface area contributed by atoms with Crippen LogP contribution in [0.25, 0.3) is 44.2 Å². The molecule has 10 rings (SSSR count). The number of aryl methyl sites for hydroxylation is 2. The first kappa shape index (κ1) is 33.9. The molecule has 4 aromatic heterocycles. The maximum atomic E-state index is 16.5. The number of halogens is 3. The number of alkyl halides is 1. The molecule has 2 aromatic carbocycles. The fourth-order valence-electron chi connectivity index (χ4n) is 9.14. The Labute approximate surface area is 315 Å². The normalized spacial score (nSPS) is 23.3. The predicted molar refractivity (Wildman–Crippen MR) is 201 cm³/mol. The molecule has 0 bridgehead atoms. The van der Waals surface area contributed by atoms with Crippen molar-refractivity contribution in [2.45, 2.75) is 75.4 Å². The molecule has 280 valence electrons. The fraction of sp³-hybridized carbons (Fsp3) is 0.450. The van der Waals surface area contributed by atoms with Gasteiger partial charge in [0.15, 0.2) is 11.9 Å². The molecular formula is C40H41ClF2N8O3. The Hall–Kier alpha value is -4.59. The van der Waals surface area contributed by atoms with Crippen molar-refractivity contribution >= 4 is 44.6 Å². The van der Waals surface area contributed by atoms with Gasteiger partial charge in [0.1, 0.15) is 35.5 Å². The van der Waals surface area contributed by atoms with Crippen LogP contribution < -0.4 is 9.47 Å². The fourth-order valence-corrected chi connectivity index (χ4v) is 9.50. The second-order valence-corrected chi connectivity index (χ2v) is 15.8. The third-order valence-corrected chi connectivity index (χ3v) is 12.2. The van der Waals surface area contributed by atoms with Crippen LogP contribution in [0.15, 0.2) is 54.5 Å². The summed E-state index contributed by atoms with van der Waals surface area (Å²) in [6.45, 7) is 2.75. The number of fused-ring (bicyclic) bond motifs is 5. The van der Waals surface area contributed by atoms with Gasteiger partial charge in [0.05, 0.1) is 29.1 Å². The number of rotatable bonds is 9. The molecule has 14 heteroatoms. The van der Waals surface area contributed by atoms with Gasteiger partial charge in [0, 0.05) is 48.8 Å². The van der Waals surface area contributed by atoms with E-state index in [1.54, 1.807) is 10.9 Å². The second kappa shape index (κ2) is 12.7. The Morgan fingerprint density at radius 2 is 1.91 bits per heavy atom. The summed E-state index contributed by atoms with van der Waals surface area (Å²) in [7, 11) is 3.78. The van der Waals surface area contributed by atoms with Gasteiger partial charge in [-0.2, -0.15) is 20.2 Å². The van der Waals surface area contributed by atoms with Crippen LogP contribution in [0.1, 0.15) is 68.7 Å². The van der Waals surface area contributed by atoms with E-state index in [1.165, 1.54) is 0 Å². The van der Waals surface area contributed by atoms with Gasteiger partial charge >= 0.3 is 6.01 Å². The van der Waals surface area contributed by atoms with E-state index in [4.69, 9.17) is 46.0 Å². The van der Waals surface area contributed by atoms with Crippen molar-refractivity contribution in [2.75, 3.05) is 26.3 Å². The molecule has 4 fully saturated rings. The molecule has 6 aromatic rings. The molecule has 1 unspecified atom stereocenters. The number of aromatic nitrogens is 7. The average Bonchev–Trinajstić information content (AvgIpc) is 3.61. The van der Waals surface area contributed by atoms with Crippen LogP contribution in [0.5, 0.6) is 11.9 Å². The third-order valence-electron chi connectivity index (χ3n) is 11.9. The Morgan fingerprint density at radius 1 is 1.06 bits per heavy atom. The van der Waals surface area contributed by atoms with Crippen LogP contribution in [-0.2, 0) is 31.1 Å². The summed E-state index contributed by atoms with van der Waals surface area (Å²) in [4.78, 5) is 12.2. The Kier molecular flexibility index (Phi) is 8.01. The highest BCUT2D eigenvalue weighted by Gasteiger charge is 2.50. The second-order valence-electron chi connectivity index (χ2n) is 15.4. The first-order chi connectivity index (χ1) is 26.3. The molecule has 3 saturated heterocycles. The molecule has 0 radical (unpaired) electrons. The summed E-state index contributed by atoms with van der Waals surface area (Å²) >= 11 is 7.07. The highest BCUT2D eigenvalue weighted by atomic mass is 35.5. The number of hydrogen-bond acceptors (Lipinski definition) is 8. The van der Waals surface area contributed by atoms with Gasteiger partial charge < -0.3 is 18.8 Å². The Bertz CT molecular complexity index is 2470. The van der Waals surface area contributed by atoms with Crippen LogP contribution in [0.4, 0.5) is 8.78 Å². The molecule has 0 N–H and O–H groups in total. The van der Waals surface area contributed by atoms with Gasteiger partial charge in [-0.1, -0.05) is 41.9 Å². The molecule has 0 amide bonds. The summed E-state index contributed by atoms with van der Waals surface area (Å²) in [5.41, 5.74) is 4.31. The van der Waals surface area contributed by atoms with E-state index >= 15 is 4.39 Å². The lowest BCUT2D eigenvalue weighted by atomic mass is 9.94. The van der Waals surface area contributed by atoms with Gasteiger partial charge in [-0.3, -0.25) is 9.58 Å². The maximum absolute atomic E-state index is 16.5. The van der Waals surface area contributed by atoms with E-state index in [1.807, 2.05) is 59.7 Å². The number of nitrogens with zero attached hydrogens (tertiary/aromatic N) is 8. The standard InChI is InChI=1S/C40H41ClF2N8O3/c1-48-35-33(30-26-20-44-51(29-11-6-7-16-52-29)28(26)17-27(41)32(30)40(43)13-14-40)47-49(2)34(35)31-36(48)45-38(46-37(31)53-22-24-9-4-3-5-10-24)54-23-39-12-8-15-50(39)21-25(18-39)19-42/h3-5,9-10,17,19-20,29H,6-8,11-16,18,21-23H2,1-2H3/b25-19-/t29?,39-/m0/s1. The Morgan fingerprint density at radius 3 is 2.69 bits per heavy atom. The molecule has 2 atom stereocenters. The zero-order valence-electron chi connectivity index (χ0n) is 30.3. The zero-order chi connectivity index (χ0) is 36.8. The lowest BCUT2D eigenvalue weighted by Gasteiger charge is -2.30. The van der Waals surface area contributed by atoms with Crippen molar-refractivity contribution in [3.05, 3.63) is 70.6 Å². The van der Waals surface area contributed by atoms with E-state index in [9.17, 15) is 4.39 Å². The van der Waals surface area contributed by atoms with Gasteiger partial charge in [-0.05, 0) is 75.1 Å². The highest BCUT2D eigenvalue weighted by molar-refractivity contribution is 6.33. The topological polar surface area (TPSA) is 97.3 Å². The van der Waals surface area contributed by atoms with Crippen LogP contribution in [0, 0.1) is 0 Å². The smallest absolute Gasteiger partial charge is 0.321 e. The molecular weight excluding hydrogens is 714 g/mol. The average molecular weight is 755 g/mol.